The smallest absolute Gasteiger partial charge is 0.303 e. The van der Waals surface area contributed by atoms with Crippen LogP contribution in [0, 0.1) is 11.3 Å². The van der Waals surface area contributed by atoms with E-state index < -0.39 is 5.97 Å². The van der Waals surface area contributed by atoms with Crippen LogP contribution in [0.15, 0.2) is 42.6 Å². The van der Waals surface area contributed by atoms with Crippen molar-refractivity contribution in [3.05, 3.63) is 48.3 Å². The van der Waals surface area contributed by atoms with Crippen LogP contribution < -0.4 is 4.90 Å². The highest BCUT2D eigenvalue weighted by atomic mass is 32.1. The van der Waals surface area contributed by atoms with Gasteiger partial charge >= 0.3 is 5.97 Å². The number of nitrogens with one attached hydrogen (secondary N) is 1. The number of benzene rings is 1. The maximum atomic E-state index is 12.8. The van der Waals surface area contributed by atoms with Crippen LogP contribution in [0.5, 0.6) is 0 Å². The summed E-state index contributed by atoms with van der Waals surface area (Å²) in [5.74, 6) is -0.552. The Kier molecular flexibility index (Phi) is 6.13. The standard InChI is InChI=1S/C21H22N4O3S.CH2O2/c26-18(27)7-8-21-12-24(19(28)16-5-3-9-22-16)10-14(21)11-25(13-21)20-23-15-4-1-2-6-17(15)29-20;2-1-3/h1-6,9,14,22H,7-8,10-13H2,(H,26,27);1H,(H,2,3)/t14-,21+;/m1./s1. The van der Waals surface area contributed by atoms with Crippen LogP contribution in [0.2, 0.25) is 0 Å². The van der Waals surface area contributed by atoms with Gasteiger partial charge in [0.1, 0.15) is 5.69 Å². The molecule has 5 rings (SSSR count). The molecular weight excluding hydrogens is 432 g/mol. The van der Waals surface area contributed by atoms with E-state index in [1.54, 1.807) is 23.6 Å². The molecule has 0 unspecified atom stereocenters. The Morgan fingerprint density at radius 2 is 2.00 bits per heavy atom. The zero-order chi connectivity index (χ0) is 22.7. The largest absolute Gasteiger partial charge is 0.483 e. The Labute approximate surface area is 188 Å². The lowest BCUT2D eigenvalue weighted by Crippen LogP contribution is -2.37. The molecule has 2 saturated heterocycles. The third-order valence-electron chi connectivity index (χ3n) is 6.26. The van der Waals surface area contributed by atoms with Crippen LogP contribution in [0.3, 0.4) is 0 Å². The van der Waals surface area contributed by atoms with Gasteiger partial charge in [0.25, 0.3) is 12.4 Å². The van der Waals surface area contributed by atoms with Crippen LogP contribution >= 0.6 is 11.3 Å². The van der Waals surface area contributed by atoms with Gasteiger partial charge in [0.05, 0.1) is 10.2 Å². The second kappa shape index (κ2) is 8.99. The molecule has 0 radical (unpaired) electrons. The van der Waals surface area contributed by atoms with E-state index in [0.717, 1.165) is 28.4 Å². The fourth-order valence-electron chi connectivity index (χ4n) is 4.82. The number of hydrogen-bond donors (Lipinski definition) is 3. The summed E-state index contributed by atoms with van der Waals surface area (Å²) in [7, 11) is 0. The minimum absolute atomic E-state index is 0.00867. The fourth-order valence-corrected chi connectivity index (χ4v) is 5.80. The van der Waals surface area contributed by atoms with E-state index in [1.807, 2.05) is 29.2 Å². The average molecular weight is 457 g/mol. The number of aromatic amines is 1. The molecule has 32 heavy (non-hydrogen) atoms. The molecule has 3 aromatic rings. The molecular formula is C22H24N4O5S. The number of carbonyl (C=O) groups is 3. The van der Waals surface area contributed by atoms with Gasteiger partial charge in [-0.3, -0.25) is 14.4 Å². The molecule has 2 aromatic heterocycles. The maximum absolute atomic E-state index is 12.8. The summed E-state index contributed by atoms with van der Waals surface area (Å²) >= 11 is 1.67. The van der Waals surface area contributed by atoms with E-state index in [4.69, 9.17) is 14.9 Å². The van der Waals surface area contributed by atoms with E-state index in [2.05, 4.69) is 16.0 Å². The number of amides is 1. The topological polar surface area (TPSA) is 127 Å². The number of fused-ring (bicyclic) bond motifs is 2. The molecule has 4 heterocycles. The fraction of sp³-hybridized carbons (Fsp3) is 0.364. The minimum atomic E-state index is -0.786. The molecule has 9 nitrogen and oxygen atoms in total. The predicted molar refractivity (Wildman–Crippen MR) is 120 cm³/mol. The molecule has 1 aromatic carbocycles. The highest BCUT2D eigenvalue weighted by Crippen LogP contribution is 2.48. The Morgan fingerprint density at radius 3 is 2.69 bits per heavy atom. The lowest BCUT2D eigenvalue weighted by Gasteiger charge is -2.28. The van der Waals surface area contributed by atoms with Crippen molar-refractivity contribution >= 4 is 45.0 Å². The van der Waals surface area contributed by atoms with Crippen molar-refractivity contribution in [2.45, 2.75) is 12.8 Å². The molecule has 0 spiro atoms. The number of nitrogens with zero attached hydrogens (tertiary/aromatic N) is 3. The number of anilines is 1. The Morgan fingerprint density at radius 1 is 1.22 bits per heavy atom. The number of carboxylic acid groups (broad SMARTS) is 2. The normalized spacial score (nSPS) is 21.8. The third-order valence-corrected chi connectivity index (χ3v) is 7.36. The first-order valence-electron chi connectivity index (χ1n) is 10.3. The van der Waals surface area contributed by atoms with Crippen LogP contribution in [-0.2, 0) is 9.59 Å². The molecule has 2 aliphatic heterocycles. The van der Waals surface area contributed by atoms with Crippen LogP contribution in [0.4, 0.5) is 5.13 Å². The van der Waals surface area contributed by atoms with Gasteiger partial charge in [0.15, 0.2) is 5.13 Å². The summed E-state index contributed by atoms with van der Waals surface area (Å²) in [6.07, 6.45) is 2.44. The van der Waals surface area contributed by atoms with Crippen molar-refractivity contribution in [2.75, 3.05) is 31.1 Å². The van der Waals surface area contributed by atoms with Gasteiger partial charge in [0, 0.05) is 50.1 Å². The summed E-state index contributed by atoms with van der Waals surface area (Å²) in [5.41, 5.74) is 1.37. The molecule has 0 aliphatic carbocycles. The summed E-state index contributed by atoms with van der Waals surface area (Å²) in [6.45, 7) is 2.52. The van der Waals surface area contributed by atoms with E-state index in [-0.39, 0.29) is 30.1 Å². The summed E-state index contributed by atoms with van der Waals surface area (Å²) < 4.78 is 1.16. The number of hydrogen-bond acceptors (Lipinski definition) is 6. The predicted octanol–water partition coefficient (Wildman–Crippen LogP) is 2.77. The quantitative estimate of drug-likeness (QED) is 0.504. The van der Waals surface area contributed by atoms with Crippen molar-refractivity contribution < 1.29 is 24.6 Å². The monoisotopic (exact) mass is 456 g/mol. The van der Waals surface area contributed by atoms with E-state index in [1.165, 1.54) is 0 Å². The average Bonchev–Trinajstić information content (AvgIpc) is 3.54. The number of rotatable bonds is 5. The van der Waals surface area contributed by atoms with Crippen molar-refractivity contribution in [2.24, 2.45) is 11.3 Å². The number of aliphatic carboxylic acids is 1. The zero-order valence-electron chi connectivity index (χ0n) is 17.3. The Bertz CT molecular complexity index is 1080. The highest BCUT2D eigenvalue weighted by molar-refractivity contribution is 7.22. The molecule has 2 aliphatic rings. The van der Waals surface area contributed by atoms with Gasteiger partial charge in [-0.1, -0.05) is 23.5 Å². The van der Waals surface area contributed by atoms with Crippen molar-refractivity contribution in [1.82, 2.24) is 14.9 Å². The number of aromatic nitrogens is 2. The summed E-state index contributed by atoms with van der Waals surface area (Å²) in [4.78, 5) is 44.4. The molecule has 2 fully saturated rings. The molecule has 1 amide bonds. The molecule has 168 valence electrons. The number of carboxylic acids is 1. The molecule has 0 bridgehead atoms. The first-order chi connectivity index (χ1) is 15.5. The van der Waals surface area contributed by atoms with Crippen molar-refractivity contribution in [1.29, 1.82) is 0 Å². The van der Waals surface area contributed by atoms with Gasteiger partial charge in [-0.05, 0) is 30.7 Å². The van der Waals surface area contributed by atoms with Gasteiger partial charge in [-0.25, -0.2) is 4.98 Å². The van der Waals surface area contributed by atoms with E-state index >= 15 is 0 Å². The van der Waals surface area contributed by atoms with Gasteiger partial charge < -0.3 is 25.0 Å². The van der Waals surface area contributed by atoms with E-state index in [0.29, 0.717) is 25.2 Å². The molecule has 2 atom stereocenters. The highest BCUT2D eigenvalue weighted by Gasteiger charge is 2.53. The molecule has 0 saturated carbocycles. The SMILES string of the molecule is O=C(O)CC[C@@]12CN(C(=O)c3ccc[nH]3)C[C@@H]1CN(c1nc3ccccc3s1)C2.O=CO. The maximum Gasteiger partial charge on any atom is 0.303 e. The third kappa shape index (κ3) is 4.18. The second-order valence-corrected chi connectivity index (χ2v) is 9.18. The van der Waals surface area contributed by atoms with Crippen LogP contribution in [0.1, 0.15) is 23.3 Å². The minimum Gasteiger partial charge on any atom is -0.483 e. The number of carbonyl (C=O) groups excluding carboxylic acids is 1. The van der Waals surface area contributed by atoms with Crippen molar-refractivity contribution in [3.63, 3.8) is 0 Å². The summed E-state index contributed by atoms with van der Waals surface area (Å²) in [6, 6.07) is 11.7. The summed E-state index contributed by atoms with van der Waals surface area (Å²) in [5, 5.41) is 17.2. The van der Waals surface area contributed by atoms with Crippen LogP contribution in [0.25, 0.3) is 10.2 Å². The Hall–Kier alpha value is -3.40. The van der Waals surface area contributed by atoms with Crippen LogP contribution in [-0.4, -0.2) is 69.6 Å². The molecule has 3 N–H and O–H groups in total. The van der Waals surface area contributed by atoms with Gasteiger partial charge in [0.2, 0.25) is 0 Å². The van der Waals surface area contributed by atoms with E-state index in [9.17, 15) is 14.7 Å². The van der Waals surface area contributed by atoms with Gasteiger partial charge in [-0.2, -0.15) is 0 Å². The zero-order valence-corrected chi connectivity index (χ0v) is 18.1. The lowest BCUT2D eigenvalue weighted by atomic mass is 9.77. The first kappa shape index (κ1) is 21.8. The van der Waals surface area contributed by atoms with Crippen molar-refractivity contribution in [3.8, 4) is 0 Å². The number of thiazole rings is 1. The number of para-hydroxylation sites is 1. The lowest BCUT2D eigenvalue weighted by molar-refractivity contribution is -0.137. The first-order valence-corrected chi connectivity index (χ1v) is 11.1. The molecule has 10 heteroatoms. The second-order valence-electron chi connectivity index (χ2n) is 8.17. The number of likely N-dealkylation sites (tertiary alicyclic amines) is 1. The number of H-pyrrole nitrogens is 1. The Balaban J connectivity index is 0.000000775. The van der Waals surface area contributed by atoms with Gasteiger partial charge in [-0.15, -0.1) is 0 Å².